The minimum Gasteiger partial charge on any atom is -0.550 e. The molecule has 0 spiro atoms. The van der Waals surface area contributed by atoms with Gasteiger partial charge in [0, 0.05) is 28.4 Å². The number of nitrogens with one attached hydrogen (secondary N) is 2. The van der Waals surface area contributed by atoms with Crippen LogP contribution in [0, 0.1) is 0 Å². The van der Waals surface area contributed by atoms with Crippen molar-refractivity contribution in [3.05, 3.63) is 74.9 Å². The Hall–Kier alpha value is -2.64. The number of amides is 2. The van der Waals surface area contributed by atoms with Gasteiger partial charge in [-0.1, -0.05) is 35.9 Å². The van der Waals surface area contributed by atoms with E-state index >= 15 is 0 Å². The van der Waals surface area contributed by atoms with Crippen molar-refractivity contribution in [1.29, 1.82) is 0 Å². The predicted molar refractivity (Wildman–Crippen MR) is 104 cm³/mol. The van der Waals surface area contributed by atoms with Crippen LogP contribution in [-0.2, 0) is 9.59 Å². The summed E-state index contributed by atoms with van der Waals surface area (Å²) in [6.45, 7) is -0.121. The zero-order valence-corrected chi connectivity index (χ0v) is 16.3. The molecule has 0 radical (unpaired) electrons. The summed E-state index contributed by atoms with van der Waals surface area (Å²) in [5.41, 5.74) is 0.954. The van der Waals surface area contributed by atoms with Crippen molar-refractivity contribution >= 4 is 51.4 Å². The molecule has 2 amide bonds. The van der Waals surface area contributed by atoms with Crippen LogP contribution in [0.15, 0.2) is 58.7 Å². The largest absolute Gasteiger partial charge is 0.550 e. The van der Waals surface area contributed by atoms with E-state index in [0.29, 0.717) is 20.6 Å². The summed E-state index contributed by atoms with van der Waals surface area (Å²) < 4.78 is 0.575. The topological polar surface area (TPSA) is 98.3 Å². The maximum atomic E-state index is 12.5. The summed E-state index contributed by atoms with van der Waals surface area (Å²) in [5, 5.41) is 16.0. The molecule has 2 N–H and O–H groups in total. The minimum absolute atomic E-state index is 0.0311. The molecule has 0 atom stereocenters. The van der Waals surface area contributed by atoms with Crippen molar-refractivity contribution in [2.75, 3.05) is 6.54 Å². The monoisotopic (exact) mass is 449 g/mol. The number of carboxylic acids is 1. The van der Waals surface area contributed by atoms with Gasteiger partial charge in [0.25, 0.3) is 11.8 Å². The molecule has 0 fully saturated rings. The number of carboxylic acid groups (broad SMARTS) is 1. The van der Waals surface area contributed by atoms with Gasteiger partial charge >= 0.3 is 0 Å². The number of carbonyl (C=O) groups is 3. The van der Waals surface area contributed by atoms with Crippen LogP contribution in [-0.4, -0.2) is 24.3 Å². The molecule has 6 nitrogen and oxygen atoms in total. The second-order valence-corrected chi connectivity index (χ2v) is 6.71. The smallest absolute Gasteiger partial charge is 0.267 e. The predicted octanol–water partition coefficient (Wildman–Crippen LogP) is 2.13. The second kappa shape index (κ2) is 9.89. The molecular formula is C19H15BrClN2O4-. The van der Waals surface area contributed by atoms with Crippen molar-refractivity contribution in [3.8, 4) is 0 Å². The molecule has 0 aliphatic carbocycles. The highest BCUT2D eigenvalue weighted by Gasteiger charge is 2.16. The Kier molecular flexibility index (Phi) is 7.57. The van der Waals surface area contributed by atoms with Crippen LogP contribution < -0.4 is 15.7 Å². The lowest BCUT2D eigenvalue weighted by Gasteiger charge is -2.12. The van der Waals surface area contributed by atoms with Crippen LogP contribution in [0.1, 0.15) is 22.3 Å². The lowest BCUT2D eigenvalue weighted by atomic mass is 10.1. The Bertz CT molecular complexity index is 882. The number of hydrogen-bond donors (Lipinski definition) is 2. The molecule has 0 aliphatic rings. The van der Waals surface area contributed by atoms with E-state index in [-0.39, 0.29) is 18.7 Å². The van der Waals surface area contributed by atoms with Crippen molar-refractivity contribution in [3.63, 3.8) is 0 Å². The Labute approximate surface area is 169 Å². The lowest BCUT2D eigenvalue weighted by Crippen LogP contribution is -2.37. The van der Waals surface area contributed by atoms with Gasteiger partial charge in [-0.05, 0) is 51.8 Å². The number of benzene rings is 2. The van der Waals surface area contributed by atoms with E-state index in [1.54, 1.807) is 48.5 Å². The Morgan fingerprint density at radius 2 is 1.74 bits per heavy atom. The van der Waals surface area contributed by atoms with Crippen LogP contribution in [0.2, 0.25) is 5.02 Å². The van der Waals surface area contributed by atoms with Gasteiger partial charge in [-0.3, -0.25) is 9.59 Å². The van der Waals surface area contributed by atoms with Crippen LogP contribution in [0.5, 0.6) is 0 Å². The van der Waals surface area contributed by atoms with Gasteiger partial charge < -0.3 is 20.5 Å². The van der Waals surface area contributed by atoms with E-state index in [1.165, 1.54) is 6.08 Å². The summed E-state index contributed by atoms with van der Waals surface area (Å²) in [6.07, 6.45) is 1.14. The Morgan fingerprint density at radius 3 is 2.37 bits per heavy atom. The standard InChI is InChI=1S/C19H16BrClN2O4/c20-15-4-2-1-3-14(15)18(26)23-16(19(27)22-10-9-17(24)25)11-12-5-7-13(21)8-6-12/h1-8,11H,9-10H2,(H,22,27)(H,23,26)(H,24,25)/p-1/b16-11+. The van der Waals surface area contributed by atoms with E-state index in [0.717, 1.165) is 0 Å². The zero-order valence-electron chi connectivity index (χ0n) is 14.0. The highest BCUT2D eigenvalue weighted by atomic mass is 79.9. The number of halogens is 2. The van der Waals surface area contributed by atoms with Gasteiger partial charge in [-0.25, -0.2) is 0 Å². The quantitative estimate of drug-likeness (QED) is 0.631. The Balaban J connectivity index is 2.24. The average molecular weight is 451 g/mol. The maximum absolute atomic E-state index is 12.5. The molecule has 2 aromatic carbocycles. The van der Waals surface area contributed by atoms with Crippen LogP contribution >= 0.6 is 27.5 Å². The first kappa shape index (κ1) is 20.7. The first-order valence-corrected chi connectivity index (χ1v) is 9.05. The first-order valence-electron chi connectivity index (χ1n) is 7.88. The maximum Gasteiger partial charge on any atom is 0.267 e. The fraction of sp³-hybridized carbons (Fsp3) is 0.105. The van der Waals surface area contributed by atoms with Gasteiger partial charge in [-0.2, -0.15) is 0 Å². The fourth-order valence-electron chi connectivity index (χ4n) is 2.09. The number of carbonyl (C=O) groups excluding carboxylic acids is 3. The van der Waals surface area contributed by atoms with Crippen molar-refractivity contribution in [1.82, 2.24) is 10.6 Å². The molecule has 27 heavy (non-hydrogen) atoms. The van der Waals surface area contributed by atoms with E-state index in [4.69, 9.17) is 11.6 Å². The fourth-order valence-corrected chi connectivity index (χ4v) is 2.68. The normalized spacial score (nSPS) is 11.0. The van der Waals surface area contributed by atoms with E-state index in [9.17, 15) is 19.5 Å². The van der Waals surface area contributed by atoms with Crippen molar-refractivity contribution in [2.24, 2.45) is 0 Å². The van der Waals surface area contributed by atoms with Crippen molar-refractivity contribution in [2.45, 2.75) is 6.42 Å². The van der Waals surface area contributed by atoms with Gasteiger partial charge in [-0.15, -0.1) is 0 Å². The number of hydrogen-bond acceptors (Lipinski definition) is 4. The third-order valence-corrected chi connectivity index (χ3v) is 4.35. The van der Waals surface area contributed by atoms with Gasteiger partial charge in [0.1, 0.15) is 5.70 Å². The molecule has 0 aliphatic heterocycles. The van der Waals surface area contributed by atoms with E-state index in [1.807, 2.05) is 0 Å². The molecule has 0 heterocycles. The van der Waals surface area contributed by atoms with E-state index in [2.05, 4.69) is 26.6 Å². The molecule has 0 unspecified atom stereocenters. The molecule has 0 bridgehead atoms. The molecule has 0 saturated heterocycles. The molecular weight excluding hydrogens is 436 g/mol. The van der Waals surface area contributed by atoms with E-state index < -0.39 is 17.8 Å². The summed E-state index contributed by atoms with van der Waals surface area (Å²) in [5.74, 6) is -2.39. The lowest BCUT2D eigenvalue weighted by molar-refractivity contribution is -0.305. The van der Waals surface area contributed by atoms with Crippen LogP contribution in [0.25, 0.3) is 6.08 Å². The molecule has 0 saturated carbocycles. The molecule has 8 heteroatoms. The zero-order chi connectivity index (χ0) is 19.8. The van der Waals surface area contributed by atoms with Crippen LogP contribution in [0.3, 0.4) is 0 Å². The third kappa shape index (κ3) is 6.54. The first-order chi connectivity index (χ1) is 12.9. The van der Waals surface area contributed by atoms with Crippen molar-refractivity contribution < 1.29 is 19.5 Å². The second-order valence-electron chi connectivity index (χ2n) is 5.42. The molecule has 2 aromatic rings. The van der Waals surface area contributed by atoms with Gasteiger partial charge in [0.15, 0.2) is 0 Å². The summed E-state index contributed by atoms with van der Waals surface area (Å²) in [7, 11) is 0. The highest BCUT2D eigenvalue weighted by Crippen LogP contribution is 2.17. The highest BCUT2D eigenvalue weighted by molar-refractivity contribution is 9.10. The van der Waals surface area contributed by atoms with Crippen LogP contribution in [0.4, 0.5) is 0 Å². The molecule has 2 rings (SSSR count). The number of aliphatic carboxylic acids is 1. The summed E-state index contributed by atoms with van der Waals surface area (Å²) >= 11 is 9.14. The molecule has 140 valence electrons. The Morgan fingerprint density at radius 1 is 1.07 bits per heavy atom. The molecule has 0 aromatic heterocycles. The number of rotatable bonds is 7. The average Bonchev–Trinajstić information content (AvgIpc) is 2.62. The van der Waals surface area contributed by atoms with Gasteiger partial charge in [0.2, 0.25) is 0 Å². The SMILES string of the molecule is O=C([O-])CCNC(=O)/C(=C\c1ccc(Cl)cc1)NC(=O)c1ccccc1Br. The summed E-state index contributed by atoms with van der Waals surface area (Å²) in [4.78, 5) is 35.4. The van der Waals surface area contributed by atoms with Gasteiger partial charge in [0.05, 0.1) is 5.56 Å². The minimum atomic E-state index is -1.28. The summed E-state index contributed by atoms with van der Waals surface area (Å²) in [6, 6.07) is 13.4. The third-order valence-electron chi connectivity index (χ3n) is 3.41.